The Hall–Kier alpha value is -5.68. The van der Waals surface area contributed by atoms with Crippen LogP contribution in [0.15, 0.2) is 96.6 Å². The number of benzene rings is 3. The Morgan fingerprint density at radius 3 is 2.62 bits per heavy atom. The zero-order valence-corrected chi connectivity index (χ0v) is 29.8. The number of aromatic nitrogens is 2. The maximum Gasteiger partial charge on any atom is 0.329 e. The summed E-state index contributed by atoms with van der Waals surface area (Å²) in [6.45, 7) is 8.28. The van der Waals surface area contributed by atoms with E-state index in [2.05, 4.69) is 21.8 Å². The molecule has 5 aromatic rings. The van der Waals surface area contributed by atoms with E-state index in [1.807, 2.05) is 72.2 Å². The van der Waals surface area contributed by atoms with Gasteiger partial charge in [-0.15, -0.1) is 6.58 Å². The van der Waals surface area contributed by atoms with Gasteiger partial charge in [-0.2, -0.15) is 0 Å². The van der Waals surface area contributed by atoms with Gasteiger partial charge in [0.1, 0.15) is 23.5 Å². The van der Waals surface area contributed by atoms with Crippen LogP contribution in [0.5, 0.6) is 17.2 Å². The van der Waals surface area contributed by atoms with Crippen LogP contribution in [-0.2, 0) is 22.5 Å². The van der Waals surface area contributed by atoms with Crippen LogP contribution in [0.3, 0.4) is 0 Å². The molecule has 53 heavy (non-hydrogen) atoms. The number of nitrogens with one attached hydrogen (secondary N) is 1. The smallest absolute Gasteiger partial charge is 0.329 e. The van der Waals surface area contributed by atoms with Crippen molar-refractivity contribution in [3.63, 3.8) is 0 Å². The van der Waals surface area contributed by atoms with Gasteiger partial charge >= 0.3 is 5.97 Å². The van der Waals surface area contributed by atoms with E-state index < -0.39 is 29.5 Å². The van der Waals surface area contributed by atoms with Crippen molar-refractivity contribution in [3.8, 4) is 17.2 Å². The Bertz CT molecular complexity index is 2270. The van der Waals surface area contributed by atoms with Crippen molar-refractivity contribution in [2.45, 2.75) is 50.9 Å². The van der Waals surface area contributed by atoms with Crippen LogP contribution in [0, 0.1) is 11.8 Å². The highest BCUT2D eigenvalue weighted by atomic mass is 16.7. The quantitative estimate of drug-likeness (QED) is 0.133. The van der Waals surface area contributed by atoms with Gasteiger partial charge in [-0.25, -0.2) is 4.79 Å². The number of fused-ring (bicyclic) bond motifs is 6. The first-order chi connectivity index (χ1) is 25.8. The summed E-state index contributed by atoms with van der Waals surface area (Å²) in [5.74, 6) is 1.17. The lowest BCUT2D eigenvalue weighted by Crippen LogP contribution is -2.56. The summed E-state index contributed by atoms with van der Waals surface area (Å²) in [6.07, 6.45) is 6.67. The largest absolute Gasteiger partial charge is 0.497 e. The lowest BCUT2D eigenvalue weighted by atomic mass is 9.73. The first-order valence-electron chi connectivity index (χ1n) is 18.2. The SMILES string of the molecule is C=CC1CN2CC[C@H]1CC2[C@H](OC(=O)[C@H](Cc1ccccc1)NC(=O)c1cn(CC)c2cc3c(cc2c1=O)OCO3)c1ccnc2ccc(OC)cc12. The topological polar surface area (TPSA) is 121 Å². The summed E-state index contributed by atoms with van der Waals surface area (Å²) in [5.41, 5.74) is 2.47. The van der Waals surface area contributed by atoms with E-state index in [-0.39, 0.29) is 24.8 Å². The van der Waals surface area contributed by atoms with Gasteiger partial charge in [0.15, 0.2) is 11.5 Å². The minimum absolute atomic E-state index is 0.0561. The molecule has 3 unspecified atom stereocenters. The van der Waals surface area contributed by atoms with Crippen LogP contribution in [0.1, 0.15) is 47.4 Å². The van der Waals surface area contributed by atoms with Gasteiger partial charge in [0.2, 0.25) is 12.2 Å². The lowest BCUT2D eigenvalue weighted by Gasteiger charge is -2.51. The summed E-state index contributed by atoms with van der Waals surface area (Å²) >= 11 is 0. The Kier molecular flexibility index (Phi) is 9.34. The summed E-state index contributed by atoms with van der Waals surface area (Å²) in [5, 5.41) is 4.07. The molecule has 0 saturated carbocycles. The average molecular weight is 715 g/mol. The highest BCUT2D eigenvalue weighted by Crippen LogP contribution is 2.44. The molecular weight excluding hydrogens is 672 g/mol. The second kappa shape index (κ2) is 14.4. The number of esters is 1. The van der Waals surface area contributed by atoms with Crippen LogP contribution in [-0.4, -0.2) is 65.4 Å². The van der Waals surface area contributed by atoms with Crippen molar-refractivity contribution in [1.29, 1.82) is 0 Å². The molecule has 2 aromatic heterocycles. The third-order valence-corrected chi connectivity index (χ3v) is 11.1. The number of methoxy groups -OCH3 is 1. The molecule has 9 rings (SSSR count). The van der Waals surface area contributed by atoms with Gasteiger partial charge in [-0.05, 0) is 74.0 Å². The predicted molar refractivity (Wildman–Crippen MR) is 200 cm³/mol. The normalized spacial score (nSPS) is 21.2. The fourth-order valence-electron chi connectivity index (χ4n) is 8.25. The molecule has 6 atom stereocenters. The molecule has 11 nitrogen and oxygen atoms in total. The molecule has 11 heteroatoms. The number of piperidine rings is 3. The van der Waals surface area contributed by atoms with Gasteiger partial charge < -0.3 is 28.8 Å². The molecule has 3 saturated heterocycles. The molecule has 4 aliphatic rings. The maximum atomic E-state index is 14.6. The van der Waals surface area contributed by atoms with Gasteiger partial charge in [0, 0.05) is 48.9 Å². The Morgan fingerprint density at radius 2 is 1.89 bits per heavy atom. The Morgan fingerprint density at radius 1 is 1.08 bits per heavy atom. The number of hydrogen-bond donors (Lipinski definition) is 1. The minimum atomic E-state index is -1.10. The van der Waals surface area contributed by atoms with Crippen LogP contribution < -0.4 is 25.0 Å². The van der Waals surface area contributed by atoms with Crippen LogP contribution in [0.2, 0.25) is 0 Å². The fraction of sp³-hybridized carbons (Fsp3) is 0.333. The van der Waals surface area contributed by atoms with Crippen molar-refractivity contribution in [2.75, 3.05) is 27.0 Å². The van der Waals surface area contributed by atoms with Crippen LogP contribution >= 0.6 is 0 Å². The fourth-order valence-corrected chi connectivity index (χ4v) is 8.25. The zero-order valence-electron chi connectivity index (χ0n) is 29.8. The van der Waals surface area contributed by atoms with Crippen LogP contribution in [0.25, 0.3) is 21.8 Å². The number of rotatable bonds is 11. The molecule has 1 N–H and O–H groups in total. The summed E-state index contributed by atoms with van der Waals surface area (Å²) < 4.78 is 25.1. The standard InChI is InChI=1S/C42H42N4O7/c1-4-26-22-46-16-14-27(26)18-36(46)40(29-13-15-43-33-12-11-28(50-3)19-30(29)33)53-42(49)34(17-25-9-7-6-8-10-25)44-41(48)32-23-45(5-2)35-21-38-37(51-24-52-38)20-31(35)39(32)47/h4,6-13,15,19-21,23,26-27,34,36,40H,1,5,14,16-18,22,24H2,2-3H3,(H,44,48)/t26?,27-,34-,36?,40+/m0/s1. The molecule has 0 spiro atoms. The van der Waals surface area contributed by atoms with E-state index >= 15 is 0 Å². The second-order valence-corrected chi connectivity index (χ2v) is 14.0. The number of hydrogen-bond acceptors (Lipinski definition) is 9. The molecule has 4 aliphatic heterocycles. The second-order valence-electron chi connectivity index (χ2n) is 14.0. The van der Waals surface area contributed by atoms with Crippen molar-refractivity contribution in [3.05, 3.63) is 119 Å². The van der Waals surface area contributed by atoms with Gasteiger partial charge in [-0.3, -0.25) is 19.5 Å². The Labute approximate surface area is 307 Å². The maximum absolute atomic E-state index is 14.6. The summed E-state index contributed by atoms with van der Waals surface area (Å²) in [6, 6.07) is 19.2. The molecule has 3 aromatic carbocycles. The van der Waals surface area contributed by atoms with E-state index in [1.165, 1.54) is 6.20 Å². The monoisotopic (exact) mass is 714 g/mol. The number of nitrogens with zero attached hydrogens (tertiary/aromatic N) is 3. The number of carbonyl (C=O) groups excluding carboxylic acids is 2. The van der Waals surface area contributed by atoms with Crippen LogP contribution in [0.4, 0.5) is 0 Å². The molecule has 0 aliphatic carbocycles. The number of carbonyl (C=O) groups is 2. The number of pyridine rings is 2. The van der Waals surface area contributed by atoms with E-state index in [9.17, 15) is 14.4 Å². The van der Waals surface area contributed by atoms with Crippen molar-refractivity contribution < 1.29 is 28.5 Å². The first-order valence-corrected chi connectivity index (χ1v) is 18.2. The molecule has 1 amide bonds. The van der Waals surface area contributed by atoms with Crippen molar-refractivity contribution in [1.82, 2.24) is 19.8 Å². The van der Waals surface area contributed by atoms with E-state index in [4.69, 9.17) is 18.9 Å². The van der Waals surface area contributed by atoms with Crippen molar-refractivity contribution >= 4 is 33.7 Å². The molecule has 272 valence electrons. The summed E-state index contributed by atoms with van der Waals surface area (Å²) in [7, 11) is 1.62. The minimum Gasteiger partial charge on any atom is -0.497 e. The highest BCUT2D eigenvalue weighted by Gasteiger charge is 2.45. The predicted octanol–water partition coefficient (Wildman–Crippen LogP) is 5.83. The Balaban J connectivity index is 1.17. The molecule has 0 radical (unpaired) electrons. The number of ether oxygens (including phenoxy) is 4. The first kappa shape index (κ1) is 34.4. The van der Waals surface area contributed by atoms with Gasteiger partial charge in [0.05, 0.1) is 29.6 Å². The highest BCUT2D eigenvalue weighted by molar-refractivity contribution is 6.00. The average Bonchev–Trinajstić information content (AvgIpc) is 3.67. The molecular formula is C42H42N4O7. The number of aryl methyl sites for hydroxylation is 1. The summed E-state index contributed by atoms with van der Waals surface area (Å²) in [4.78, 5) is 49.7. The number of amides is 1. The van der Waals surface area contributed by atoms with E-state index in [0.717, 1.165) is 48.0 Å². The third kappa shape index (κ3) is 6.50. The zero-order chi connectivity index (χ0) is 36.6. The van der Waals surface area contributed by atoms with Crippen molar-refractivity contribution in [2.24, 2.45) is 11.8 Å². The molecule has 6 heterocycles. The van der Waals surface area contributed by atoms with Gasteiger partial charge in [-0.1, -0.05) is 36.4 Å². The van der Waals surface area contributed by atoms with E-state index in [0.29, 0.717) is 46.5 Å². The molecule has 2 bridgehead atoms. The third-order valence-electron chi connectivity index (χ3n) is 11.1. The molecule has 3 fully saturated rings. The lowest BCUT2D eigenvalue weighted by molar-refractivity contribution is -0.159. The van der Waals surface area contributed by atoms with E-state index in [1.54, 1.807) is 25.4 Å². The van der Waals surface area contributed by atoms with Gasteiger partial charge in [0.25, 0.3) is 5.91 Å².